The average Bonchev–Trinajstić information content (AvgIpc) is 3.30. The lowest BCUT2D eigenvalue weighted by Gasteiger charge is -2.27. The molecule has 1 aromatic heterocycles. The number of aliphatic hydroxyl groups excluding tert-OH is 5. The Balaban J connectivity index is 1.23. The molecule has 4 aromatic rings. The molecule has 27 nitrogen and oxygen atoms in total. The van der Waals surface area contributed by atoms with Crippen molar-refractivity contribution in [3.63, 3.8) is 0 Å². The van der Waals surface area contributed by atoms with Crippen LogP contribution in [-0.4, -0.2) is 166 Å². The fourth-order valence-corrected chi connectivity index (χ4v) is 8.44. The van der Waals surface area contributed by atoms with Gasteiger partial charge in [-0.15, -0.1) is 0 Å². The largest absolute Gasteiger partial charge is 0.397 e. The number of ketones is 2. The molecule has 0 bridgehead atoms. The van der Waals surface area contributed by atoms with Gasteiger partial charge in [0.2, 0.25) is 29.7 Å². The highest BCUT2D eigenvalue weighted by molar-refractivity contribution is 7.86. The number of rotatable bonds is 22. The number of nitrogen functional groups attached to an aromatic ring is 1. The highest BCUT2D eigenvalue weighted by Crippen LogP contribution is 2.41. The Kier molecular flexibility index (Phi) is 16.8. The Morgan fingerprint density at radius 2 is 1.39 bits per heavy atom. The van der Waals surface area contributed by atoms with E-state index in [1.807, 2.05) is 0 Å². The smallest absolute Gasteiger partial charge is 0.296 e. The van der Waals surface area contributed by atoms with Gasteiger partial charge in [0.25, 0.3) is 20.2 Å². The molecule has 29 heteroatoms. The number of fused-ring (bicyclic) bond motifs is 2. The topological polar surface area (TPSA) is 453 Å². The Bertz CT molecular complexity index is 2930. The molecule has 0 saturated heterocycles. The predicted molar refractivity (Wildman–Crippen MR) is 249 cm³/mol. The first-order valence-corrected chi connectivity index (χ1v) is 24.0. The van der Waals surface area contributed by atoms with Crippen molar-refractivity contribution in [1.29, 1.82) is 0 Å². The van der Waals surface area contributed by atoms with Crippen molar-refractivity contribution in [1.82, 2.24) is 30.9 Å². The SMILES string of the molecule is NCC(O)CNCC(=O)NCC(O)CNc1nc(NCCCNC(=O)C2=C[C@@H](O)[C@@H](O)[C@H](O)C2)nc(Nc2ccc(Nc3cc(S(=O)(=O)O)c(N)c4c3C(=O)c3ccccc3C4=O)cc2S(=O)(=O)O)n1. The van der Waals surface area contributed by atoms with Crippen LogP contribution in [0.2, 0.25) is 0 Å². The molecule has 1 heterocycles. The molecular weight excluding hydrogens is 965 g/mol. The number of hydrogen-bond donors (Lipinski definition) is 16. The van der Waals surface area contributed by atoms with Crippen LogP contribution in [0.25, 0.3) is 0 Å². The Morgan fingerprint density at radius 1 is 0.743 bits per heavy atom. The normalized spacial score (nSPS) is 17.6. The summed E-state index contributed by atoms with van der Waals surface area (Å²) < 4.78 is 71.1. The maximum Gasteiger partial charge on any atom is 0.296 e. The van der Waals surface area contributed by atoms with Crippen LogP contribution in [0, 0.1) is 0 Å². The highest BCUT2D eigenvalue weighted by Gasteiger charge is 2.37. The summed E-state index contributed by atoms with van der Waals surface area (Å²) in [5.41, 5.74) is 8.83. The third kappa shape index (κ3) is 12.9. The van der Waals surface area contributed by atoms with Gasteiger partial charge in [0.15, 0.2) is 11.6 Å². The van der Waals surface area contributed by atoms with Gasteiger partial charge in [0.05, 0.1) is 53.0 Å². The quantitative estimate of drug-likeness (QED) is 0.0191. The minimum absolute atomic E-state index is 0.0125. The molecule has 0 fully saturated rings. The van der Waals surface area contributed by atoms with E-state index in [4.69, 9.17) is 11.5 Å². The van der Waals surface area contributed by atoms with E-state index < -0.39 is 95.2 Å². The summed E-state index contributed by atoms with van der Waals surface area (Å²) >= 11 is 0. The number of carbonyl (C=O) groups excluding carboxylic acids is 4. The summed E-state index contributed by atoms with van der Waals surface area (Å²) in [5, 5.41) is 68.7. The molecule has 18 N–H and O–H groups in total. The van der Waals surface area contributed by atoms with E-state index in [2.05, 4.69) is 52.2 Å². The first kappa shape index (κ1) is 52.6. The van der Waals surface area contributed by atoms with Crippen molar-refractivity contribution < 1.29 is 70.7 Å². The van der Waals surface area contributed by atoms with Gasteiger partial charge >= 0.3 is 0 Å². The van der Waals surface area contributed by atoms with Gasteiger partial charge < -0.3 is 74.2 Å². The maximum absolute atomic E-state index is 13.8. The van der Waals surface area contributed by atoms with Crippen LogP contribution in [0.1, 0.15) is 44.7 Å². The Labute approximate surface area is 398 Å². The molecule has 3 aromatic carbocycles. The summed E-state index contributed by atoms with van der Waals surface area (Å²) in [7, 11) is -10.3. The predicted octanol–water partition coefficient (Wildman–Crippen LogP) is -2.66. The first-order chi connectivity index (χ1) is 33.0. The van der Waals surface area contributed by atoms with E-state index >= 15 is 0 Å². The first-order valence-electron chi connectivity index (χ1n) is 21.1. The molecule has 70 heavy (non-hydrogen) atoms. The van der Waals surface area contributed by atoms with Gasteiger partial charge in [-0.05, 0) is 36.8 Å². The number of nitrogens with zero attached hydrogens (tertiary/aromatic N) is 3. The molecule has 2 aliphatic carbocycles. The van der Waals surface area contributed by atoms with Crippen LogP contribution < -0.4 is 48.7 Å². The fraction of sp³-hybridized carbons (Fsp3) is 0.341. The van der Waals surface area contributed by atoms with Crippen LogP contribution in [0.4, 0.5) is 40.6 Å². The fourth-order valence-electron chi connectivity index (χ4n) is 7.12. The second-order valence-electron chi connectivity index (χ2n) is 15.8. The molecule has 2 amide bonds. The highest BCUT2D eigenvalue weighted by atomic mass is 32.2. The summed E-state index contributed by atoms with van der Waals surface area (Å²) in [4.78, 5) is 63.3. The van der Waals surface area contributed by atoms with Gasteiger partial charge in [-0.25, -0.2) is 0 Å². The van der Waals surface area contributed by atoms with Crippen LogP contribution in [0.5, 0.6) is 0 Å². The van der Waals surface area contributed by atoms with E-state index in [1.54, 1.807) is 0 Å². The van der Waals surface area contributed by atoms with Crippen LogP contribution in [-0.2, 0) is 29.8 Å². The van der Waals surface area contributed by atoms with E-state index in [0.717, 1.165) is 24.3 Å². The molecule has 2 aliphatic rings. The number of carbonyl (C=O) groups is 4. The van der Waals surface area contributed by atoms with E-state index in [0.29, 0.717) is 0 Å². The molecule has 0 radical (unpaired) electrons. The van der Waals surface area contributed by atoms with Crippen LogP contribution >= 0.6 is 0 Å². The number of aromatic nitrogens is 3. The molecule has 5 atom stereocenters. The zero-order valence-corrected chi connectivity index (χ0v) is 38.3. The van der Waals surface area contributed by atoms with E-state index in [1.165, 1.54) is 30.3 Å². The molecule has 6 rings (SSSR count). The van der Waals surface area contributed by atoms with Crippen molar-refractivity contribution in [3.8, 4) is 0 Å². The minimum Gasteiger partial charge on any atom is -0.397 e. The summed E-state index contributed by atoms with van der Waals surface area (Å²) in [6.07, 6.45) is -5.07. The number of anilines is 7. The monoisotopic (exact) mass is 1010 g/mol. The van der Waals surface area contributed by atoms with Gasteiger partial charge in [0, 0.05) is 68.1 Å². The van der Waals surface area contributed by atoms with Crippen molar-refractivity contribution in [2.45, 2.75) is 53.2 Å². The lowest BCUT2D eigenvalue weighted by Crippen LogP contribution is -2.42. The van der Waals surface area contributed by atoms with Gasteiger partial charge in [-0.2, -0.15) is 31.8 Å². The molecule has 0 aliphatic heterocycles. The zero-order valence-electron chi connectivity index (χ0n) is 36.7. The number of amides is 2. The number of nitrogens with one attached hydrogen (secondary N) is 7. The third-order valence-electron chi connectivity index (χ3n) is 10.6. The Hall–Kier alpha value is -6.77. The second-order valence-corrected chi connectivity index (χ2v) is 18.6. The van der Waals surface area contributed by atoms with Crippen LogP contribution in [0.3, 0.4) is 0 Å². The van der Waals surface area contributed by atoms with Gasteiger partial charge in [0.1, 0.15) is 22.0 Å². The minimum atomic E-state index is -5.15. The lowest BCUT2D eigenvalue weighted by atomic mass is 9.82. The summed E-state index contributed by atoms with van der Waals surface area (Å²) in [6, 6.07) is 9.71. The van der Waals surface area contributed by atoms with E-state index in [9.17, 15) is 70.7 Å². The number of nitrogens with two attached hydrogens (primary N) is 2. The number of aliphatic hydroxyl groups is 5. The second kappa shape index (κ2) is 22.3. The maximum atomic E-state index is 13.8. The molecule has 0 saturated carbocycles. The van der Waals surface area contributed by atoms with Crippen molar-refractivity contribution in [2.75, 3.05) is 72.8 Å². The average molecular weight is 1020 g/mol. The number of benzene rings is 3. The van der Waals surface area contributed by atoms with E-state index in [-0.39, 0.29) is 116 Å². The molecular formula is C41H50N12O15S2. The van der Waals surface area contributed by atoms with Gasteiger partial charge in [-0.1, -0.05) is 24.3 Å². The van der Waals surface area contributed by atoms with Crippen molar-refractivity contribution in [2.24, 2.45) is 5.73 Å². The van der Waals surface area contributed by atoms with Gasteiger partial charge in [-0.3, -0.25) is 28.3 Å². The molecule has 0 spiro atoms. The van der Waals surface area contributed by atoms with Crippen LogP contribution in [0.15, 0.2) is 70.0 Å². The third-order valence-corrected chi connectivity index (χ3v) is 12.4. The van der Waals surface area contributed by atoms with Crippen molar-refractivity contribution >= 4 is 84.2 Å². The summed E-state index contributed by atoms with van der Waals surface area (Å²) in [5.74, 6) is -3.34. The number of hydrogen-bond acceptors (Lipinski definition) is 23. The standard InChI is InChI=1S/C41H50N12O15S2/c42-14-21(54)15-44-18-31(58)47-16-22(55)17-48-40-51-39(46-9-3-8-45-38(62)19-10-27(56)37(61)28(57)11-19)52-41(53-40)50-25-7-6-20(12-29(25)69(63,64)65)49-26-13-30(70(66,67)68)34(43)33-32(26)35(59)23-4-1-2-5-24(23)36(33)60/h1-2,4-7,10,12-13,21-22,27-28,37,44,49,54-57,61H,3,8-9,11,14-18,42-43H2,(H,45,62)(H,47,58)(H,63,64,65)(H,66,67,68)(H3,46,48,50,51,52,53)/t21?,22?,27-,28-,37-/m1/s1. The zero-order chi connectivity index (χ0) is 51.1. The Morgan fingerprint density at radius 3 is 2.03 bits per heavy atom. The lowest BCUT2D eigenvalue weighted by molar-refractivity contribution is -0.121. The van der Waals surface area contributed by atoms with Crippen molar-refractivity contribution in [3.05, 3.63) is 82.4 Å². The molecule has 376 valence electrons. The molecule has 2 unspecified atom stereocenters. The summed E-state index contributed by atoms with van der Waals surface area (Å²) in [6.45, 7) is -0.441.